The number of likely N-dealkylation sites (N-methyl/N-ethyl adjacent to an activating group) is 1. The van der Waals surface area contributed by atoms with Gasteiger partial charge in [0.05, 0.1) is 17.2 Å². The predicted molar refractivity (Wildman–Crippen MR) is 159 cm³/mol. The van der Waals surface area contributed by atoms with Gasteiger partial charge in [-0.15, -0.1) is 0 Å². The summed E-state index contributed by atoms with van der Waals surface area (Å²) in [6, 6.07) is 27.8. The molecule has 40 heavy (non-hydrogen) atoms. The highest BCUT2D eigenvalue weighted by molar-refractivity contribution is 5.95. The molecule has 1 aliphatic rings. The maximum Gasteiger partial charge on any atom is 0.262 e. The highest BCUT2D eigenvalue weighted by Gasteiger charge is 2.25. The molecule has 1 aliphatic heterocycles. The van der Waals surface area contributed by atoms with E-state index in [-0.39, 0.29) is 11.5 Å². The molecule has 8 heteroatoms. The van der Waals surface area contributed by atoms with Crippen molar-refractivity contribution >= 4 is 28.3 Å². The van der Waals surface area contributed by atoms with Crippen molar-refractivity contribution in [1.29, 1.82) is 0 Å². The van der Waals surface area contributed by atoms with Crippen LogP contribution in [0.4, 0.5) is 11.5 Å². The maximum absolute atomic E-state index is 13.9. The molecular formula is C32H30N6O2. The van der Waals surface area contributed by atoms with E-state index in [0.29, 0.717) is 22.3 Å². The van der Waals surface area contributed by atoms with Gasteiger partial charge in [-0.25, -0.2) is 9.97 Å². The summed E-state index contributed by atoms with van der Waals surface area (Å²) in [4.78, 5) is 40.9. The third-order valence-electron chi connectivity index (χ3n) is 7.41. The average molecular weight is 531 g/mol. The average Bonchev–Trinajstić information content (AvgIpc) is 3.00. The van der Waals surface area contributed by atoms with Crippen molar-refractivity contribution in [1.82, 2.24) is 19.4 Å². The number of carbonyl (C=O) groups excluding carboxylic acids is 1. The van der Waals surface area contributed by atoms with Crippen molar-refractivity contribution in [3.63, 3.8) is 0 Å². The molecule has 3 aromatic carbocycles. The fourth-order valence-corrected chi connectivity index (χ4v) is 5.13. The third kappa shape index (κ3) is 5.21. The van der Waals surface area contributed by atoms with Gasteiger partial charge in [0.1, 0.15) is 11.9 Å². The first-order valence-electron chi connectivity index (χ1n) is 13.4. The van der Waals surface area contributed by atoms with Crippen LogP contribution in [-0.4, -0.2) is 58.6 Å². The van der Waals surface area contributed by atoms with Crippen LogP contribution >= 0.6 is 0 Å². The number of hydrogen-bond donors (Lipinski definition) is 1. The Hall–Kier alpha value is -4.82. The van der Waals surface area contributed by atoms with E-state index in [1.165, 1.54) is 16.6 Å². The van der Waals surface area contributed by atoms with E-state index in [9.17, 15) is 9.59 Å². The van der Waals surface area contributed by atoms with Gasteiger partial charge in [-0.3, -0.25) is 14.2 Å². The molecule has 200 valence electrons. The first-order valence-corrected chi connectivity index (χ1v) is 13.4. The smallest absolute Gasteiger partial charge is 0.262 e. The molecule has 1 unspecified atom stereocenters. The number of piperazine rings is 1. The fourth-order valence-electron chi connectivity index (χ4n) is 5.13. The highest BCUT2D eigenvalue weighted by Crippen LogP contribution is 2.26. The van der Waals surface area contributed by atoms with E-state index >= 15 is 0 Å². The van der Waals surface area contributed by atoms with Gasteiger partial charge >= 0.3 is 0 Å². The van der Waals surface area contributed by atoms with Gasteiger partial charge in [-0.2, -0.15) is 0 Å². The molecule has 0 aliphatic carbocycles. The molecule has 1 atom stereocenters. The number of hydrogen-bond acceptors (Lipinski definition) is 6. The first-order chi connectivity index (χ1) is 19.6. The zero-order valence-electron chi connectivity index (χ0n) is 22.3. The van der Waals surface area contributed by atoms with E-state index in [1.807, 2.05) is 48.5 Å². The number of aromatic nitrogens is 3. The van der Waals surface area contributed by atoms with E-state index in [2.05, 4.69) is 56.4 Å². The largest absolute Gasteiger partial charge is 0.369 e. The predicted octanol–water partition coefficient (Wildman–Crippen LogP) is 4.44. The number of amides is 1. The third-order valence-corrected chi connectivity index (χ3v) is 7.41. The summed E-state index contributed by atoms with van der Waals surface area (Å²) in [7, 11) is 2.15. The van der Waals surface area contributed by atoms with E-state index in [1.54, 1.807) is 24.4 Å². The molecule has 0 radical (unpaired) electrons. The van der Waals surface area contributed by atoms with E-state index < -0.39 is 6.04 Å². The molecule has 1 N–H and O–H groups in total. The standard InChI is InChI=1S/C32H30N6O2/c1-36-17-19-37(20-18-36)26-13-10-23(11-14-26)25-12-15-28-27(21-25)32(40)38(22-34-28)30(24-7-3-2-4-8-24)31(39)35-29-9-5-6-16-33-29/h2-16,21-22,30H,17-20H2,1H3,(H,33,35,39). The van der Waals surface area contributed by atoms with Crippen molar-refractivity contribution in [2.24, 2.45) is 0 Å². The summed E-state index contributed by atoms with van der Waals surface area (Å²) < 4.78 is 1.40. The molecule has 5 aromatic rings. The van der Waals surface area contributed by atoms with Crippen molar-refractivity contribution in [2.45, 2.75) is 6.04 Å². The van der Waals surface area contributed by atoms with Crippen LogP contribution in [0, 0.1) is 0 Å². The van der Waals surface area contributed by atoms with Gasteiger partial charge in [-0.05, 0) is 60.1 Å². The van der Waals surface area contributed by atoms with Gasteiger partial charge in [0.15, 0.2) is 0 Å². The monoisotopic (exact) mass is 530 g/mol. The van der Waals surface area contributed by atoms with Crippen LogP contribution in [0.2, 0.25) is 0 Å². The van der Waals surface area contributed by atoms with Crippen molar-refractivity contribution in [3.05, 3.63) is 119 Å². The lowest BCUT2D eigenvalue weighted by Gasteiger charge is -2.34. The van der Waals surface area contributed by atoms with Gasteiger partial charge in [0.2, 0.25) is 0 Å². The Kier molecular flexibility index (Phi) is 7.08. The molecule has 6 rings (SSSR count). The molecular weight excluding hydrogens is 500 g/mol. The summed E-state index contributed by atoms with van der Waals surface area (Å²) >= 11 is 0. The fraction of sp³-hybridized carbons (Fsp3) is 0.188. The molecule has 1 saturated heterocycles. The molecule has 2 aromatic heterocycles. The Balaban J connectivity index is 1.35. The molecule has 0 spiro atoms. The second-order valence-corrected chi connectivity index (χ2v) is 10.0. The molecule has 0 saturated carbocycles. The summed E-state index contributed by atoms with van der Waals surface area (Å²) in [5.74, 6) is 0.0429. The quantitative estimate of drug-likeness (QED) is 0.350. The minimum Gasteiger partial charge on any atom is -0.369 e. The SMILES string of the molecule is CN1CCN(c2ccc(-c3ccc4ncn(C(C(=O)Nc5ccccn5)c5ccccc5)c(=O)c4c3)cc2)CC1. The zero-order chi connectivity index (χ0) is 27.5. The Bertz CT molecular complexity index is 1680. The molecule has 1 amide bonds. The number of fused-ring (bicyclic) bond motifs is 1. The topological polar surface area (TPSA) is 83.4 Å². The minimum absolute atomic E-state index is 0.286. The normalized spacial score (nSPS) is 14.7. The Morgan fingerprint density at radius 3 is 2.27 bits per heavy atom. The second-order valence-electron chi connectivity index (χ2n) is 10.0. The summed E-state index contributed by atoms with van der Waals surface area (Å²) in [6.45, 7) is 4.12. The second kappa shape index (κ2) is 11.1. The summed E-state index contributed by atoms with van der Waals surface area (Å²) in [6.07, 6.45) is 3.06. The number of nitrogens with one attached hydrogen (secondary N) is 1. The van der Waals surface area contributed by atoms with Gasteiger partial charge in [0, 0.05) is 38.1 Å². The summed E-state index contributed by atoms with van der Waals surface area (Å²) in [5.41, 5.74) is 4.11. The molecule has 8 nitrogen and oxygen atoms in total. The summed E-state index contributed by atoms with van der Waals surface area (Å²) in [5, 5.41) is 3.30. The van der Waals surface area contributed by atoms with Crippen LogP contribution in [-0.2, 0) is 4.79 Å². The Labute approximate surface area is 232 Å². The van der Waals surface area contributed by atoms with Gasteiger partial charge in [-0.1, -0.05) is 54.6 Å². The van der Waals surface area contributed by atoms with Crippen LogP contribution in [0.3, 0.4) is 0 Å². The lowest BCUT2D eigenvalue weighted by atomic mass is 10.0. The van der Waals surface area contributed by atoms with Crippen LogP contribution < -0.4 is 15.8 Å². The minimum atomic E-state index is -0.917. The number of nitrogens with zero attached hydrogens (tertiary/aromatic N) is 5. The zero-order valence-corrected chi connectivity index (χ0v) is 22.3. The van der Waals surface area contributed by atoms with E-state index in [4.69, 9.17) is 0 Å². The molecule has 0 bridgehead atoms. The molecule has 3 heterocycles. The highest BCUT2D eigenvalue weighted by atomic mass is 16.2. The van der Waals surface area contributed by atoms with Crippen LogP contribution in [0.25, 0.3) is 22.0 Å². The van der Waals surface area contributed by atoms with Crippen LogP contribution in [0.5, 0.6) is 0 Å². The first kappa shape index (κ1) is 25.5. The lowest BCUT2D eigenvalue weighted by molar-refractivity contribution is -0.118. The lowest BCUT2D eigenvalue weighted by Crippen LogP contribution is -2.44. The number of carbonyl (C=O) groups is 1. The Morgan fingerprint density at radius 1 is 0.825 bits per heavy atom. The van der Waals surface area contributed by atoms with Crippen LogP contribution in [0.15, 0.2) is 108 Å². The van der Waals surface area contributed by atoms with Crippen molar-refractivity contribution in [3.8, 4) is 11.1 Å². The van der Waals surface area contributed by atoms with Crippen LogP contribution in [0.1, 0.15) is 11.6 Å². The van der Waals surface area contributed by atoms with Crippen molar-refractivity contribution < 1.29 is 4.79 Å². The van der Waals surface area contributed by atoms with Gasteiger partial charge in [0.25, 0.3) is 11.5 Å². The van der Waals surface area contributed by atoms with E-state index in [0.717, 1.165) is 37.3 Å². The number of pyridine rings is 1. The van der Waals surface area contributed by atoms with Crippen molar-refractivity contribution in [2.75, 3.05) is 43.4 Å². The van der Waals surface area contributed by atoms with Gasteiger partial charge < -0.3 is 15.1 Å². The number of benzene rings is 3. The molecule has 1 fully saturated rings. The number of rotatable bonds is 6. The Morgan fingerprint density at radius 2 is 1.55 bits per heavy atom. The maximum atomic E-state index is 13.9. The number of anilines is 2.